The van der Waals surface area contributed by atoms with Crippen molar-refractivity contribution < 1.29 is 14.0 Å². The van der Waals surface area contributed by atoms with Gasteiger partial charge in [-0.15, -0.1) is 0 Å². The molecule has 6 heteroatoms. The fraction of sp³-hybridized carbons (Fsp3) is 0.222. The SMILES string of the molecule is O=C(c1ccc(F)cc1)N1CCN(C(=O)c2ccc(Br)cc2)CC1. The molecule has 0 aromatic heterocycles. The number of halogens is 2. The highest BCUT2D eigenvalue weighted by atomic mass is 79.9. The maximum absolute atomic E-state index is 12.9. The van der Waals surface area contributed by atoms with Crippen LogP contribution in [0.25, 0.3) is 0 Å². The Morgan fingerprint density at radius 1 is 0.750 bits per heavy atom. The fourth-order valence-corrected chi connectivity index (χ4v) is 2.93. The molecule has 0 spiro atoms. The molecule has 1 aliphatic rings. The molecule has 2 aromatic carbocycles. The maximum atomic E-state index is 12.9. The first-order chi connectivity index (χ1) is 11.5. The van der Waals surface area contributed by atoms with Gasteiger partial charge in [-0.2, -0.15) is 0 Å². The van der Waals surface area contributed by atoms with Crippen LogP contribution >= 0.6 is 15.9 Å². The number of carbonyl (C=O) groups excluding carboxylic acids is 2. The minimum absolute atomic E-state index is 0.0311. The topological polar surface area (TPSA) is 40.6 Å². The third kappa shape index (κ3) is 3.64. The molecule has 1 heterocycles. The van der Waals surface area contributed by atoms with Crippen molar-refractivity contribution in [1.29, 1.82) is 0 Å². The van der Waals surface area contributed by atoms with Gasteiger partial charge in [0.05, 0.1) is 0 Å². The van der Waals surface area contributed by atoms with Gasteiger partial charge >= 0.3 is 0 Å². The zero-order valence-corrected chi connectivity index (χ0v) is 14.5. The Bertz CT molecular complexity index is 673. The van der Waals surface area contributed by atoms with E-state index >= 15 is 0 Å². The molecule has 0 unspecified atom stereocenters. The number of hydrogen-bond donors (Lipinski definition) is 0. The summed E-state index contributed by atoms with van der Waals surface area (Å²) in [5.74, 6) is -0.529. The van der Waals surface area contributed by atoms with Crippen molar-refractivity contribution in [2.24, 2.45) is 0 Å². The summed E-state index contributed by atoms with van der Waals surface area (Å²) < 4.78 is 13.9. The number of hydrogen-bond acceptors (Lipinski definition) is 2. The molecule has 4 nitrogen and oxygen atoms in total. The number of piperazine rings is 1. The molecule has 0 radical (unpaired) electrons. The Morgan fingerprint density at radius 3 is 1.54 bits per heavy atom. The van der Waals surface area contributed by atoms with E-state index in [1.54, 1.807) is 21.9 Å². The Hall–Kier alpha value is -2.21. The van der Waals surface area contributed by atoms with Gasteiger partial charge < -0.3 is 9.80 Å². The van der Waals surface area contributed by atoms with E-state index in [1.807, 2.05) is 12.1 Å². The molecule has 24 heavy (non-hydrogen) atoms. The third-order valence-electron chi connectivity index (χ3n) is 4.04. The number of rotatable bonds is 2. The molecular weight excluding hydrogens is 375 g/mol. The van der Waals surface area contributed by atoms with Crippen molar-refractivity contribution in [3.8, 4) is 0 Å². The predicted octanol–water partition coefficient (Wildman–Crippen LogP) is 3.19. The van der Waals surface area contributed by atoms with Gasteiger partial charge in [0, 0.05) is 41.8 Å². The van der Waals surface area contributed by atoms with Gasteiger partial charge in [0.2, 0.25) is 0 Å². The van der Waals surface area contributed by atoms with Gasteiger partial charge in [-0.05, 0) is 48.5 Å². The van der Waals surface area contributed by atoms with Crippen molar-refractivity contribution in [3.63, 3.8) is 0 Å². The lowest BCUT2D eigenvalue weighted by molar-refractivity contribution is 0.0535. The second-order valence-corrected chi connectivity index (χ2v) is 6.51. The minimum Gasteiger partial charge on any atom is -0.335 e. The van der Waals surface area contributed by atoms with E-state index in [4.69, 9.17) is 0 Å². The van der Waals surface area contributed by atoms with Gasteiger partial charge in [-0.3, -0.25) is 9.59 Å². The third-order valence-corrected chi connectivity index (χ3v) is 4.57. The van der Waals surface area contributed by atoms with Crippen LogP contribution in [0.5, 0.6) is 0 Å². The Labute approximate surface area is 148 Å². The molecule has 2 amide bonds. The molecule has 1 saturated heterocycles. The molecule has 3 rings (SSSR count). The standard InChI is InChI=1S/C18H16BrFN2O2/c19-15-5-1-13(2-6-15)17(23)21-9-11-22(12-10-21)18(24)14-3-7-16(20)8-4-14/h1-8H,9-12H2. The van der Waals surface area contributed by atoms with E-state index in [0.29, 0.717) is 37.3 Å². The number of nitrogens with zero attached hydrogens (tertiary/aromatic N) is 2. The monoisotopic (exact) mass is 390 g/mol. The normalized spacial score (nSPS) is 14.6. The maximum Gasteiger partial charge on any atom is 0.253 e. The van der Waals surface area contributed by atoms with Gasteiger partial charge in [-0.1, -0.05) is 15.9 Å². The average Bonchev–Trinajstić information content (AvgIpc) is 2.62. The van der Waals surface area contributed by atoms with Crippen LogP contribution in [0.3, 0.4) is 0 Å². The van der Waals surface area contributed by atoms with Crippen LogP contribution in [-0.2, 0) is 0 Å². The zero-order chi connectivity index (χ0) is 17.1. The average molecular weight is 391 g/mol. The van der Waals surface area contributed by atoms with E-state index in [-0.39, 0.29) is 17.6 Å². The molecule has 0 bridgehead atoms. The van der Waals surface area contributed by atoms with Crippen molar-refractivity contribution >= 4 is 27.7 Å². The summed E-state index contributed by atoms with van der Waals surface area (Å²) in [5, 5.41) is 0. The van der Waals surface area contributed by atoms with Gasteiger partial charge in [0.1, 0.15) is 5.82 Å². The first-order valence-corrected chi connectivity index (χ1v) is 8.43. The summed E-state index contributed by atoms with van der Waals surface area (Å²) in [6, 6.07) is 12.8. The minimum atomic E-state index is -0.364. The van der Waals surface area contributed by atoms with Crippen LogP contribution in [0.1, 0.15) is 20.7 Å². The molecule has 0 N–H and O–H groups in total. The lowest BCUT2D eigenvalue weighted by atomic mass is 10.1. The van der Waals surface area contributed by atoms with Gasteiger partial charge in [0.15, 0.2) is 0 Å². The first kappa shape index (κ1) is 16.6. The van der Waals surface area contributed by atoms with Crippen molar-refractivity contribution in [2.75, 3.05) is 26.2 Å². The second-order valence-electron chi connectivity index (χ2n) is 5.60. The highest BCUT2D eigenvalue weighted by Crippen LogP contribution is 2.15. The fourth-order valence-electron chi connectivity index (χ4n) is 2.66. The highest BCUT2D eigenvalue weighted by Gasteiger charge is 2.25. The Kier molecular flexibility index (Phi) is 4.94. The van der Waals surface area contributed by atoms with Gasteiger partial charge in [-0.25, -0.2) is 4.39 Å². The van der Waals surface area contributed by atoms with Crippen LogP contribution in [0.2, 0.25) is 0 Å². The molecule has 0 atom stereocenters. The molecule has 0 saturated carbocycles. The van der Waals surface area contributed by atoms with Crippen molar-refractivity contribution in [1.82, 2.24) is 9.80 Å². The molecule has 0 aliphatic carbocycles. The second kappa shape index (κ2) is 7.13. The summed E-state index contributed by atoms with van der Waals surface area (Å²) >= 11 is 3.35. The summed E-state index contributed by atoms with van der Waals surface area (Å²) in [4.78, 5) is 28.3. The van der Waals surface area contributed by atoms with Crippen molar-refractivity contribution in [3.05, 3.63) is 69.9 Å². The van der Waals surface area contributed by atoms with Crippen LogP contribution in [-0.4, -0.2) is 47.8 Å². The van der Waals surface area contributed by atoms with E-state index < -0.39 is 0 Å². The molecule has 1 fully saturated rings. The Morgan fingerprint density at radius 2 is 1.12 bits per heavy atom. The van der Waals surface area contributed by atoms with Crippen LogP contribution in [0.4, 0.5) is 4.39 Å². The van der Waals surface area contributed by atoms with E-state index in [1.165, 1.54) is 24.3 Å². The largest absolute Gasteiger partial charge is 0.335 e. The van der Waals surface area contributed by atoms with Gasteiger partial charge in [0.25, 0.3) is 11.8 Å². The summed E-state index contributed by atoms with van der Waals surface area (Å²) in [6.07, 6.45) is 0. The van der Waals surface area contributed by atoms with Crippen LogP contribution < -0.4 is 0 Å². The molecule has 1 aliphatic heterocycles. The van der Waals surface area contributed by atoms with Crippen molar-refractivity contribution in [2.45, 2.75) is 0 Å². The van der Waals surface area contributed by atoms with E-state index in [0.717, 1.165) is 4.47 Å². The number of benzene rings is 2. The quantitative estimate of drug-likeness (QED) is 0.789. The van der Waals surface area contributed by atoms with Crippen LogP contribution in [0.15, 0.2) is 53.0 Å². The summed E-state index contributed by atoms with van der Waals surface area (Å²) in [7, 11) is 0. The number of carbonyl (C=O) groups is 2. The van der Waals surface area contributed by atoms with E-state index in [2.05, 4.69) is 15.9 Å². The van der Waals surface area contributed by atoms with E-state index in [9.17, 15) is 14.0 Å². The summed E-state index contributed by atoms with van der Waals surface area (Å²) in [6.45, 7) is 1.92. The molecular formula is C18H16BrFN2O2. The lowest BCUT2D eigenvalue weighted by Crippen LogP contribution is -2.50. The smallest absolute Gasteiger partial charge is 0.253 e. The summed E-state index contributed by atoms with van der Waals surface area (Å²) in [5.41, 5.74) is 1.10. The lowest BCUT2D eigenvalue weighted by Gasteiger charge is -2.34. The van der Waals surface area contributed by atoms with Crippen LogP contribution in [0, 0.1) is 5.82 Å². The molecule has 124 valence electrons. The predicted molar refractivity (Wildman–Crippen MR) is 92.3 cm³/mol. The highest BCUT2D eigenvalue weighted by molar-refractivity contribution is 9.10. The zero-order valence-electron chi connectivity index (χ0n) is 12.9. The number of amides is 2. The first-order valence-electron chi connectivity index (χ1n) is 7.64. The Balaban J connectivity index is 1.61. The molecule has 2 aromatic rings.